The lowest BCUT2D eigenvalue weighted by molar-refractivity contribution is 0.498. The molecule has 0 spiro atoms. The number of aromatic nitrogens is 2. The van der Waals surface area contributed by atoms with Gasteiger partial charge in [0.2, 0.25) is 15.9 Å². The summed E-state index contributed by atoms with van der Waals surface area (Å²) in [5.41, 5.74) is 0.985. The second-order valence-corrected chi connectivity index (χ2v) is 7.71. The van der Waals surface area contributed by atoms with E-state index in [1.165, 1.54) is 24.3 Å². The first kappa shape index (κ1) is 18.5. The quantitative estimate of drug-likeness (QED) is 0.691. The van der Waals surface area contributed by atoms with E-state index in [0.717, 1.165) is 5.56 Å². The van der Waals surface area contributed by atoms with Crippen molar-refractivity contribution in [3.8, 4) is 11.5 Å². The third-order valence-electron chi connectivity index (χ3n) is 3.66. The minimum Gasteiger partial charge on any atom is -0.421 e. The number of benzene rings is 2. The maximum Gasteiger partial charge on any atom is 0.250 e. The fraction of sp³-hybridized carbons (Fsp3) is 0.176. The standard InChI is InChI=1S/C17H15ClFN3O3S/c1-11-6-7-12(10-14(11)18)26(23,24)20-9-8-16-21-22-17(25-16)13-4-2-3-5-15(13)19/h2-7,10,20H,8-9H2,1H3. The molecule has 9 heteroatoms. The van der Waals surface area contributed by atoms with Gasteiger partial charge in [-0.25, -0.2) is 17.5 Å². The van der Waals surface area contributed by atoms with Gasteiger partial charge < -0.3 is 4.42 Å². The normalized spacial score (nSPS) is 11.7. The van der Waals surface area contributed by atoms with Gasteiger partial charge in [0.05, 0.1) is 10.5 Å². The first-order valence-corrected chi connectivity index (χ1v) is 9.56. The molecule has 0 saturated carbocycles. The molecule has 0 amide bonds. The molecule has 1 N–H and O–H groups in total. The number of rotatable bonds is 6. The van der Waals surface area contributed by atoms with Gasteiger partial charge in [-0.05, 0) is 36.8 Å². The summed E-state index contributed by atoms with van der Waals surface area (Å²) in [6.45, 7) is 1.83. The number of nitrogens with zero attached hydrogens (tertiary/aromatic N) is 2. The van der Waals surface area contributed by atoms with Crippen LogP contribution >= 0.6 is 11.6 Å². The summed E-state index contributed by atoms with van der Waals surface area (Å²) < 4.78 is 46.1. The van der Waals surface area contributed by atoms with E-state index >= 15 is 0 Å². The summed E-state index contributed by atoms with van der Waals surface area (Å²) in [5, 5.41) is 7.98. The molecule has 3 aromatic rings. The van der Waals surface area contributed by atoms with Crippen molar-refractivity contribution in [2.45, 2.75) is 18.2 Å². The van der Waals surface area contributed by atoms with Crippen LogP contribution in [0.3, 0.4) is 0 Å². The molecule has 26 heavy (non-hydrogen) atoms. The largest absolute Gasteiger partial charge is 0.421 e. The molecule has 0 bridgehead atoms. The fourth-order valence-corrected chi connectivity index (χ4v) is 3.52. The molecule has 1 heterocycles. The van der Waals surface area contributed by atoms with Crippen molar-refractivity contribution in [3.05, 3.63) is 64.8 Å². The summed E-state index contributed by atoms with van der Waals surface area (Å²) in [4.78, 5) is 0.0747. The topological polar surface area (TPSA) is 85.1 Å². The van der Waals surface area contributed by atoms with Gasteiger partial charge in [0, 0.05) is 18.0 Å². The van der Waals surface area contributed by atoms with Crippen molar-refractivity contribution in [3.63, 3.8) is 0 Å². The van der Waals surface area contributed by atoms with Crippen molar-refractivity contribution in [2.75, 3.05) is 6.54 Å². The molecule has 0 atom stereocenters. The Labute approximate surface area is 155 Å². The Hall–Kier alpha value is -2.29. The molecule has 136 valence electrons. The van der Waals surface area contributed by atoms with Gasteiger partial charge in [0.1, 0.15) is 5.82 Å². The highest BCUT2D eigenvalue weighted by Crippen LogP contribution is 2.21. The van der Waals surface area contributed by atoms with Crippen LogP contribution in [0.25, 0.3) is 11.5 Å². The molecule has 0 saturated heterocycles. The van der Waals surface area contributed by atoms with Gasteiger partial charge >= 0.3 is 0 Å². The summed E-state index contributed by atoms with van der Waals surface area (Å²) in [5.74, 6) is -0.223. The van der Waals surface area contributed by atoms with Crippen LogP contribution in [0.5, 0.6) is 0 Å². The predicted molar refractivity (Wildman–Crippen MR) is 94.8 cm³/mol. The number of hydrogen-bond donors (Lipinski definition) is 1. The second kappa shape index (κ2) is 7.53. The summed E-state index contributed by atoms with van der Waals surface area (Å²) >= 11 is 5.97. The highest BCUT2D eigenvalue weighted by Gasteiger charge is 2.16. The van der Waals surface area contributed by atoms with Gasteiger partial charge in [0.25, 0.3) is 5.89 Å². The molecule has 0 aliphatic rings. The summed E-state index contributed by atoms with van der Waals surface area (Å²) in [7, 11) is -3.71. The van der Waals surface area contributed by atoms with Crippen molar-refractivity contribution in [1.82, 2.24) is 14.9 Å². The van der Waals surface area contributed by atoms with Crippen LogP contribution in [0.2, 0.25) is 5.02 Å². The Kier molecular flexibility index (Phi) is 5.36. The Morgan fingerprint density at radius 1 is 1.19 bits per heavy atom. The first-order chi connectivity index (χ1) is 12.4. The molecule has 0 aliphatic heterocycles. The molecule has 0 fully saturated rings. The summed E-state index contributed by atoms with van der Waals surface area (Å²) in [6.07, 6.45) is 0.167. The van der Waals surface area contributed by atoms with Crippen molar-refractivity contribution >= 4 is 21.6 Å². The summed E-state index contributed by atoms with van der Waals surface area (Å²) in [6, 6.07) is 10.5. The maximum absolute atomic E-state index is 13.7. The number of sulfonamides is 1. The van der Waals surface area contributed by atoms with Crippen molar-refractivity contribution < 1.29 is 17.2 Å². The SMILES string of the molecule is Cc1ccc(S(=O)(=O)NCCc2nnc(-c3ccccc3F)o2)cc1Cl. The zero-order valence-corrected chi connectivity index (χ0v) is 15.3. The Morgan fingerprint density at radius 3 is 2.69 bits per heavy atom. The van der Waals surface area contributed by atoms with Gasteiger partial charge in [0.15, 0.2) is 0 Å². The smallest absolute Gasteiger partial charge is 0.250 e. The van der Waals surface area contributed by atoms with Crippen LogP contribution in [-0.2, 0) is 16.4 Å². The lowest BCUT2D eigenvalue weighted by Gasteiger charge is -2.07. The van der Waals surface area contributed by atoms with Gasteiger partial charge in [-0.1, -0.05) is 29.8 Å². The lowest BCUT2D eigenvalue weighted by atomic mass is 10.2. The Morgan fingerprint density at radius 2 is 1.96 bits per heavy atom. The lowest BCUT2D eigenvalue weighted by Crippen LogP contribution is -2.26. The van der Waals surface area contributed by atoms with E-state index in [4.69, 9.17) is 16.0 Å². The highest BCUT2D eigenvalue weighted by atomic mass is 35.5. The van der Waals surface area contributed by atoms with Gasteiger partial charge in [-0.15, -0.1) is 10.2 Å². The highest BCUT2D eigenvalue weighted by molar-refractivity contribution is 7.89. The predicted octanol–water partition coefficient (Wildman–Crippen LogP) is 3.36. The molecule has 0 unspecified atom stereocenters. The van der Waals surface area contributed by atoms with Crippen LogP contribution in [0.1, 0.15) is 11.5 Å². The third-order valence-corrected chi connectivity index (χ3v) is 5.52. The number of hydrogen-bond acceptors (Lipinski definition) is 5. The number of nitrogens with one attached hydrogen (secondary N) is 1. The van der Waals surface area contributed by atoms with Gasteiger partial charge in [-0.3, -0.25) is 0 Å². The average Bonchev–Trinajstić information content (AvgIpc) is 3.06. The molecular weight excluding hydrogens is 381 g/mol. The van der Waals surface area contributed by atoms with Crippen molar-refractivity contribution in [1.29, 1.82) is 0 Å². The molecule has 3 rings (SSSR count). The van der Waals surface area contributed by atoms with Crippen LogP contribution in [0, 0.1) is 12.7 Å². The first-order valence-electron chi connectivity index (χ1n) is 7.70. The van der Waals surface area contributed by atoms with E-state index in [1.54, 1.807) is 25.1 Å². The van der Waals surface area contributed by atoms with E-state index in [2.05, 4.69) is 14.9 Å². The van der Waals surface area contributed by atoms with E-state index in [0.29, 0.717) is 5.02 Å². The molecule has 0 aliphatic carbocycles. The molecular formula is C17H15ClFN3O3S. The maximum atomic E-state index is 13.7. The van der Waals surface area contributed by atoms with Crippen LogP contribution in [0.15, 0.2) is 51.8 Å². The van der Waals surface area contributed by atoms with Crippen molar-refractivity contribution in [2.24, 2.45) is 0 Å². The van der Waals surface area contributed by atoms with Crippen LogP contribution < -0.4 is 4.72 Å². The Bertz CT molecular complexity index is 1040. The van der Waals surface area contributed by atoms with Gasteiger partial charge in [-0.2, -0.15) is 0 Å². The average molecular weight is 396 g/mol. The Balaban J connectivity index is 1.65. The van der Waals surface area contributed by atoms with Crippen LogP contribution in [-0.4, -0.2) is 25.2 Å². The second-order valence-electron chi connectivity index (χ2n) is 5.54. The van der Waals surface area contributed by atoms with E-state index in [9.17, 15) is 12.8 Å². The minimum absolute atomic E-state index is 0.0475. The van der Waals surface area contributed by atoms with E-state index < -0.39 is 15.8 Å². The molecule has 6 nitrogen and oxygen atoms in total. The fourth-order valence-electron chi connectivity index (χ4n) is 2.21. The molecule has 2 aromatic carbocycles. The number of aryl methyl sites for hydroxylation is 1. The van der Waals surface area contributed by atoms with E-state index in [1.807, 2.05) is 0 Å². The third kappa shape index (κ3) is 4.09. The molecule has 1 aromatic heterocycles. The molecule has 0 radical (unpaired) electrons. The zero-order valence-electron chi connectivity index (χ0n) is 13.7. The van der Waals surface area contributed by atoms with E-state index in [-0.39, 0.29) is 35.2 Å². The number of halogens is 2. The zero-order chi connectivity index (χ0) is 18.7. The monoisotopic (exact) mass is 395 g/mol. The van der Waals surface area contributed by atoms with Crippen LogP contribution in [0.4, 0.5) is 4.39 Å². The minimum atomic E-state index is -3.71.